The van der Waals surface area contributed by atoms with Crippen molar-refractivity contribution in [2.45, 2.75) is 52.0 Å². The summed E-state index contributed by atoms with van der Waals surface area (Å²) in [6.07, 6.45) is 5.74. The second kappa shape index (κ2) is 6.03. The number of benzene rings is 2. The second-order valence-corrected chi connectivity index (χ2v) is 6.62. The number of hydrogen-bond donors (Lipinski definition) is 1. The average molecular weight is 279 g/mol. The first-order valence-corrected chi connectivity index (χ1v) is 8.03. The van der Waals surface area contributed by atoms with Gasteiger partial charge in [-0.3, -0.25) is 0 Å². The molecular weight excluding hydrogens is 254 g/mol. The summed E-state index contributed by atoms with van der Waals surface area (Å²) in [5, 5.41) is 0. The largest absolute Gasteiger partial charge is 0.327 e. The van der Waals surface area contributed by atoms with Gasteiger partial charge in [-0.15, -0.1) is 0 Å². The number of hydrogen-bond acceptors (Lipinski definition) is 1. The number of aryl methyl sites for hydroxylation is 4. The van der Waals surface area contributed by atoms with Crippen LogP contribution in [0.2, 0.25) is 0 Å². The topological polar surface area (TPSA) is 26.0 Å². The third-order valence-corrected chi connectivity index (χ3v) is 4.44. The second-order valence-electron chi connectivity index (χ2n) is 6.62. The molecule has 0 saturated carbocycles. The molecule has 21 heavy (non-hydrogen) atoms. The first-order valence-electron chi connectivity index (χ1n) is 8.03. The van der Waals surface area contributed by atoms with Gasteiger partial charge in [0, 0.05) is 6.04 Å². The molecule has 0 bridgehead atoms. The molecule has 1 aliphatic carbocycles. The molecule has 0 aromatic heterocycles. The van der Waals surface area contributed by atoms with Gasteiger partial charge in [0.05, 0.1) is 0 Å². The summed E-state index contributed by atoms with van der Waals surface area (Å²) in [6, 6.07) is 13.9. The molecule has 2 aromatic rings. The van der Waals surface area contributed by atoms with E-state index in [1.54, 1.807) is 11.1 Å². The zero-order valence-corrected chi connectivity index (χ0v) is 13.2. The van der Waals surface area contributed by atoms with E-state index in [0.717, 1.165) is 12.8 Å². The molecule has 110 valence electrons. The molecule has 0 amide bonds. The predicted octanol–water partition coefficient (Wildman–Crippen LogP) is 3.90. The van der Waals surface area contributed by atoms with Gasteiger partial charge in [-0.1, -0.05) is 47.5 Å². The number of nitrogens with two attached hydrogens (primary N) is 1. The van der Waals surface area contributed by atoms with Gasteiger partial charge in [-0.25, -0.2) is 0 Å². The molecule has 0 fully saturated rings. The Morgan fingerprint density at radius 3 is 2.29 bits per heavy atom. The summed E-state index contributed by atoms with van der Waals surface area (Å²) in [4.78, 5) is 0. The molecule has 1 aliphatic rings. The Labute approximate surface area is 128 Å². The van der Waals surface area contributed by atoms with Crippen molar-refractivity contribution in [3.8, 4) is 0 Å². The van der Waals surface area contributed by atoms with E-state index in [2.05, 4.69) is 50.2 Å². The Morgan fingerprint density at radius 2 is 1.52 bits per heavy atom. The summed E-state index contributed by atoms with van der Waals surface area (Å²) in [7, 11) is 0. The Hall–Kier alpha value is -1.60. The standard InChI is InChI=1S/C20H25N/c1-14-8-15(2)10-17(9-14)13-20(21)12-16-6-7-18-4-3-5-19(18)11-16/h6-11,20H,3-5,12-13,21H2,1-2H3. The van der Waals surface area contributed by atoms with Gasteiger partial charge < -0.3 is 5.73 Å². The van der Waals surface area contributed by atoms with Crippen molar-refractivity contribution in [2.24, 2.45) is 5.73 Å². The van der Waals surface area contributed by atoms with Gasteiger partial charge in [0.2, 0.25) is 0 Å². The summed E-state index contributed by atoms with van der Waals surface area (Å²) in [5.74, 6) is 0. The molecule has 0 saturated heterocycles. The van der Waals surface area contributed by atoms with Crippen LogP contribution in [0, 0.1) is 13.8 Å². The molecule has 0 aliphatic heterocycles. The van der Waals surface area contributed by atoms with Crippen LogP contribution in [0.4, 0.5) is 0 Å². The fourth-order valence-corrected chi connectivity index (χ4v) is 3.62. The first kappa shape index (κ1) is 14.3. The van der Waals surface area contributed by atoms with Crippen molar-refractivity contribution in [1.82, 2.24) is 0 Å². The van der Waals surface area contributed by atoms with Crippen molar-refractivity contribution >= 4 is 0 Å². The van der Waals surface area contributed by atoms with Crippen LogP contribution in [0.25, 0.3) is 0 Å². The lowest BCUT2D eigenvalue weighted by Gasteiger charge is -2.14. The molecule has 0 heterocycles. The quantitative estimate of drug-likeness (QED) is 0.902. The van der Waals surface area contributed by atoms with E-state index < -0.39 is 0 Å². The Kier molecular flexibility index (Phi) is 4.12. The Balaban J connectivity index is 1.67. The van der Waals surface area contributed by atoms with Crippen LogP contribution in [0.15, 0.2) is 36.4 Å². The summed E-state index contributed by atoms with van der Waals surface area (Å²) in [6.45, 7) is 4.31. The van der Waals surface area contributed by atoms with Gasteiger partial charge in [0.1, 0.15) is 0 Å². The van der Waals surface area contributed by atoms with E-state index in [9.17, 15) is 0 Å². The van der Waals surface area contributed by atoms with Crippen LogP contribution in [0.3, 0.4) is 0 Å². The summed E-state index contributed by atoms with van der Waals surface area (Å²) in [5.41, 5.74) is 14.9. The fourth-order valence-electron chi connectivity index (χ4n) is 3.62. The lowest BCUT2D eigenvalue weighted by atomic mass is 9.96. The van der Waals surface area contributed by atoms with Gasteiger partial charge >= 0.3 is 0 Å². The van der Waals surface area contributed by atoms with Gasteiger partial charge in [0.25, 0.3) is 0 Å². The molecule has 3 rings (SSSR count). The highest BCUT2D eigenvalue weighted by Gasteiger charge is 2.12. The van der Waals surface area contributed by atoms with Crippen molar-refractivity contribution in [3.05, 3.63) is 69.8 Å². The van der Waals surface area contributed by atoms with Crippen LogP contribution in [-0.4, -0.2) is 6.04 Å². The molecule has 1 nitrogen and oxygen atoms in total. The molecule has 1 atom stereocenters. The zero-order valence-electron chi connectivity index (χ0n) is 13.2. The van der Waals surface area contributed by atoms with Crippen molar-refractivity contribution in [2.75, 3.05) is 0 Å². The lowest BCUT2D eigenvalue weighted by molar-refractivity contribution is 0.664. The van der Waals surface area contributed by atoms with Crippen LogP contribution in [0.5, 0.6) is 0 Å². The first-order chi connectivity index (χ1) is 10.1. The van der Waals surface area contributed by atoms with Crippen LogP contribution in [-0.2, 0) is 25.7 Å². The molecular formula is C20H25N. The van der Waals surface area contributed by atoms with Gasteiger partial charge in [0.15, 0.2) is 0 Å². The third kappa shape index (κ3) is 3.54. The molecule has 0 spiro atoms. The van der Waals surface area contributed by atoms with E-state index >= 15 is 0 Å². The van der Waals surface area contributed by atoms with Crippen molar-refractivity contribution < 1.29 is 0 Å². The maximum absolute atomic E-state index is 6.38. The zero-order chi connectivity index (χ0) is 14.8. The monoisotopic (exact) mass is 279 g/mol. The Bertz CT molecular complexity index is 622. The average Bonchev–Trinajstić information content (AvgIpc) is 2.84. The SMILES string of the molecule is Cc1cc(C)cc(CC(N)Cc2ccc3c(c2)CCC3)c1. The molecule has 1 heteroatoms. The van der Waals surface area contributed by atoms with E-state index in [1.165, 1.54) is 41.5 Å². The van der Waals surface area contributed by atoms with Crippen LogP contribution >= 0.6 is 0 Å². The predicted molar refractivity (Wildman–Crippen MR) is 89.8 cm³/mol. The van der Waals surface area contributed by atoms with Crippen molar-refractivity contribution in [1.29, 1.82) is 0 Å². The molecule has 0 radical (unpaired) electrons. The molecule has 2 aromatic carbocycles. The highest BCUT2D eigenvalue weighted by atomic mass is 14.6. The van der Waals surface area contributed by atoms with E-state index in [0.29, 0.717) is 0 Å². The number of fused-ring (bicyclic) bond motifs is 1. The highest BCUT2D eigenvalue weighted by Crippen LogP contribution is 2.23. The normalized spacial score (nSPS) is 15.0. The van der Waals surface area contributed by atoms with Crippen LogP contribution in [0.1, 0.15) is 39.8 Å². The highest BCUT2D eigenvalue weighted by molar-refractivity contribution is 5.36. The van der Waals surface area contributed by atoms with E-state index in [-0.39, 0.29) is 6.04 Å². The maximum Gasteiger partial charge on any atom is 0.0120 e. The van der Waals surface area contributed by atoms with Crippen molar-refractivity contribution in [3.63, 3.8) is 0 Å². The third-order valence-electron chi connectivity index (χ3n) is 4.44. The van der Waals surface area contributed by atoms with E-state index in [4.69, 9.17) is 5.73 Å². The van der Waals surface area contributed by atoms with Crippen LogP contribution < -0.4 is 5.73 Å². The smallest absolute Gasteiger partial charge is 0.0120 e. The van der Waals surface area contributed by atoms with Gasteiger partial charge in [-0.2, -0.15) is 0 Å². The van der Waals surface area contributed by atoms with E-state index in [1.807, 2.05) is 0 Å². The molecule has 2 N–H and O–H groups in total. The summed E-state index contributed by atoms with van der Waals surface area (Å²) < 4.78 is 0. The Morgan fingerprint density at radius 1 is 0.857 bits per heavy atom. The summed E-state index contributed by atoms with van der Waals surface area (Å²) >= 11 is 0. The lowest BCUT2D eigenvalue weighted by Crippen LogP contribution is -2.25. The number of rotatable bonds is 4. The molecule has 1 unspecified atom stereocenters. The maximum atomic E-state index is 6.38. The van der Waals surface area contributed by atoms with Gasteiger partial charge in [-0.05, 0) is 68.2 Å². The minimum Gasteiger partial charge on any atom is -0.327 e. The fraction of sp³-hybridized carbons (Fsp3) is 0.400. The minimum atomic E-state index is 0.200. The minimum absolute atomic E-state index is 0.200.